The van der Waals surface area contributed by atoms with Gasteiger partial charge in [0.05, 0.1) is 11.9 Å². The lowest BCUT2D eigenvalue weighted by molar-refractivity contribution is 0.701. The van der Waals surface area contributed by atoms with Crippen LogP contribution in [0.25, 0.3) is 0 Å². The zero-order chi connectivity index (χ0) is 14.0. The summed E-state index contributed by atoms with van der Waals surface area (Å²) in [7, 11) is 1.63. The van der Waals surface area contributed by atoms with Crippen molar-refractivity contribution in [3.05, 3.63) is 56.4 Å². The summed E-state index contributed by atoms with van der Waals surface area (Å²) in [6.07, 6.45) is 1.65. The van der Waals surface area contributed by atoms with Gasteiger partial charge in [-0.2, -0.15) is 5.10 Å². The second-order valence-electron chi connectivity index (χ2n) is 4.52. The van der Waals surface area contributed by atoms with E-state index in [1.807, 2.05) is 12.1 Å². The van der Waals surface area contributed by atoms with Crippen molar-refractivity contribution >= 4 is 21.6 Å². The molecule has 0 saturated heterocycles. The second kappa shape index (κ2) is 5.57. The molecule has 1 heterocycles. The molecule has 0 radical (unpaired) electrons. The second-order valence-corrected chi connectivity index (χ2v) is 5.32. The fraction of sp³-hybridized carbons (Fsp3) is 0.286. The van der Waals surface area contributed by atoms with E-state index in [0.29, 0.717) is 10.2 Å². The Labute approximate surface area is 120 Å². The third-order valence-corrected chi connectivity index (χ3v) is 3.87. The minimum absolute atomic E-state index is 0.103. The smallest absolute Gasteiger partial charge is 0.282 e. The molecule has 4 nitrogen and oxygen atoms in total. The Morgan fingerprint density at radius 1 is 1.37 bits per heavy atom. The van der Waals surface area contributed by atoms with Crippen molar-refractivity contribution in [3.63, 3.8) is 0 Å². The van der Waals surface area contributed by atoms with Gasteiger partial charge in [0.15, 0.2) is 0 Å². The van der Waals surface area contributed by atoms with E-state index in [1.54, 1.807) is 13.2 Å². The van der Waals surface area contributed by atoms with Crippen molar-refractivity contribution < 1.29 is 0 Å². The largest absolute Gasteiger partial charge is 0.376 e. The maximum Gasteiger partial charge on any atom is 0.282 e. The number of nitrogens with zero attached hydrogens (tertiary/aromatic N) is 2. The van der Waals surface area contributed by atoms with Crippen molar-refractivity contribution in [2.24, 2.45) is 7.05 Å². The van der Waals surface area contributed by atoms with Crippen LogP contribution in [0, 0.1) is 6.92 Å². The minimum Gasteiger partial charge on any atom is -0.376 e. The zero-order valence-corrected chi connectivity index (χ0v) is 12.7. The van der Waals surface area contributed by atoms with E-state index in [9.17, 15) is 4.79 Å². The van der Waals surface area contributed by atoms with Gasteiger partial charge in [0, 0.05) is 13.1 Å². The van der Waals surface area contributed by atoms with Gasteiger partial charge in [-0.1, -0.05) is 24.3 Å². The van der Waals surface area contributed by atoms with Crippen molar-refractivity contribution in [2.75, 3.05) is 5.32 Å². The average Bonchev–Trinajstić information content (AvgIpc) is 2.40. The van der Waals surface area contributed by atoms with Crippen LogP contribution in [0.3, 0.4) is 0 Å². The van der Waals surface area contributed by atoms with Gasteiger partial charge in [0.2, 0.25) is 0 Å². The first-order chi connectivity index (χ1) is 9.00. The lowest BCUT2D eigenvalue weighted by Gasteiger charge is -2.18. The van der Waals surface area contributed by atoms with Crippen molar-refractivity contribution in [1.82, 2.24) is 9.78 Å². The number of anilines is 1. The molecule has 2 aromatic rings. The highest BCUT2D eigenvalue weighted by molar-refractivity contribution is 9.10. The first kappa shape index (κ1) is 13.8. The number of hydrogen-bond acceptors (Lipinski definition) is 3. The molecule has 5 heteroatoms. The summed E-state index contributed by atoms with van der Waals surface area (Å²) in [5.74, 6) is 0. The van der Waals surface area contributed by atoms with E-state index >= 15 is 0 Å². The Kier molecular flexibility index (Phi) is 4.04. The van der Waals surface area contributed by atoms with Crippen LogP contribution in [0.2, 0.25) is 0 Å². The molecule has 1 aromatic carbocycles. The lowest BCUT2D eigenvalue weighted by Crippen LogP contribution is -2.22. The number of rotatable bonds is 3. The van der Waals surface area contributed by atoms with E-state index in [2.05, 4.69) is 52.3 Å². The Balaban J connectivity index is 2.30. The van der Waals surface area contributed by atoms with Crippen molar-refractivity contribution in [3.8, 4) is 0 Å². The summed E-state index contributed by atoms with van der Waals surface area (Å²) in [6.45, 7) is 4.14. The summed E-state index contributed by atoms with van der Waals surface area (Å²) in [5, 5.41) is 7.33. The van der Waals surface area contributed by atoms with Crippen molar-refractivity contribution in [1.29, 1.82) is 0 Å². The molecule has 1 atom stereocenters. The van der Waals surface area contributed by atoms with E-state index in [-0.39, 0.29) is 11.6 Å². The number of nitrogens with one attached hydrogen (secondary N) is 1. The average molecular weight is 322 g/mol. The van der Waals surface area contributed by atoms with Gasteiger partial charge in [-0.25, -0.2) is 4.68 Å². The Morgan fingerprint density at radius 3 is 2.74 bits per heavy atom. The predicted molar refractivity (Wildman–Crippen MR) is 80.4 cm³/mol. The molecule has 0 unspecified atom stereocenters. The number of benzene rings is 1. The zero-order valence-electron chi connectivity index (χ0n) is 11.1. The van der Waals surface area contributed by atoms with E-state index in [0.717, 1.165) is 0 Å². The van der Waals surface area contributed by atoms with Gasteiger partial charge in [0.1, 0.15) is 4.47 Å². The summed E-state index contributed by atoms with van der Waals surface area (Å²) in [4.78, 5) is 11.8. The molecule has 19 heavy (non-hydrogen) atoms. The van der Waals surface area contributed by atoms with Crippen LogP contribution in [-0.2, 0) is 7.05 Å². The molecule has 2 rings (SSSR count). The third kappa shape index (κ3) is 2.87. The van der Waals surface area contributed by atoms with Gasteiger partial charge >= 0.3 is 0 Å². The van der Waals surface area contributed by atoms with Gasteiger partial charge in [-0.15, -0.1) is 0 Å². The molecule has 0 aliphatic heterocycles. The summed E-state index contributed by atoms with van der Waals surface area (Å²) < 4.78 is 1.80. The molecule has 0 fully saturated rings. The molecule has 0 spiro atoms. The van der Waals surface area contributed by atoms with Gasteiger partial charge < -0.3 is 5.32 Å². The third-order valence-electron chi connectivity index (χ3n) is 3.11. The maximum absolute atomic E-state index is 11.8. The topological polar surface area (TPSA) is 46.9 Å². The number of aryl methyl sites for hydroxylation is 2. The fourth-order valence-electron chi connectivity index (χ4n) is 1.99. The van der Waals surface area contributed by atoms with Crippen LogP contribution in [0.5, 0.6) is 0 Å². The molecular weight excluding hydrogens is 306 g/mol. The first-order valence-corrected chi connectivity index (χ1v) is 6.84. The number of aromatic nitrogens is 2. The highest BCUT2D eigenvalue weighted by Crippen LogP contribution is 2.24. The Bertz CT molecular complexity index is 651. The fourth-order valence-corrected chi connectivity index (χ4v) is 2.47. The van der Waals surface area contributed by atoms with E-state index in [1.165, 1.54) is 15.8 Å². The van der Waals surface area contributed by atoms with E-state index < -0.39 is 0 Å². The van der Waals surface area contributed by atoms with Crippen LogP contribution in [0.1, 0.15) is 24.1 Å². The maximum atomic E-state index is 11.8. The molecule has 0 saturated carbocycles. The normalized spacial score (nSPS) is 12.2. The molecule has 0 bridgehead atoms. The van der Waals surface area contributed by atoms with Gasteiger partial charge in [0.25, 0.3) is 5.56 Å². The highest BCUT2D eigenvalue weighted by atomic mass is 79.9. The van der Waals surface area contributed by atoms with Crippen LogP contribution in [0.15, 0.2) is 39.7 Å². The van der Waals surface area contributed by atoms with Crippen LogP contribution < -0.4 is 10.9 Å². The van der Waals surface area contributed by atoms with Gasteiger partial charge in [-0.05, 0) is 40.9 Å². The highest BCUT2D eigenvalue weighted by Gasteiger charge is 2.12. The molecule has 0 amide bonds. The predicted octanol–water partition coefficient (Wildman–Crippen LogP) is 3.02. The molecular formula is C14H16BrN3O. The lowest BCUT2D eigenvalue weighted by atomic mass is 10.0. The quantitative estimate of drug-likeness (QED) is 0.945. The van der Waals surface area contributed by atoms with Crippen LogP contribution in [-0.4, -0.2) is 9.78 Å². The first-order valence-electron chi connectivity index (χ1n) is 6.04. The van der Waals surface area contributed by atoms with Crippen LogP contribution >= 0.6 is 15.9 Å². The monoisotopic (exact) mass is 321 g/mol. The molecule has 0 aliphatic rings. The molecule has 0 aliphatic carbocycles. The Morgan fingerprint density at radius 2 is 2.05 bits per heavy atom. The number of hydrogen-bond donors (Lipinski definition) is 1. The summed E-state index contributed by atoms with van der Waals surface area (Å²) in [6, 6.07) is 8.28. The molecule has 100 valence electrons. The van der Waals surface area contributed by atoms with E-state index in [4.69, 9.17) is 0 Å². The summed E-state index contributed by atoms with van der Waals surface area (Å²) in [5.41, 5.74) is 2.98. The molecule has 1 N–H and O–H groups in total. The summed E-state index contributed by atoms with van der Waals surface area (Å²) >= 11 is 3.31. The van der Waals surface area contributed by atoms with Crippen molar-refractivity contribution in [2.45, 2.75) is 19.9 Å². The Hall–Kier alpha value is -1.62. The molecule has 1 aromatic heterocycles. The standard InChI is InChI=1S/C14H16BrN3O/c1-9-6-4-5-7-11(9)10(2)17-12-8-16-18(3)14(19)13(12)15/h4-8,10,17H,1-3H3/t10-/m1/s1. The van der Waals surface area contributed by atoms with Crippen LogP contribution in [0.4, 0.5) is 5.69 Å². The number of halogens is 1. The van der Waals surface area contributed by atoms with Gasteiger partial charge in [-0.3, -0.25) is 4.79 Å². The SMILES string of the molecule is Cc1ccccc1[C@@H](C)Nc1cnn(C)c(=O)c1Br. The minimum atomic E-state index is -0.151.